The summed E-state index contributed by atoms with van der Waals surface area (Å²) in [7, 11) is 1.69. The number of benzene rings is 1. The van der Waals surface area contributed by atoms with Gasteiger partial charge in [-0.2, -0.15) is 0 Å². The molecule has 0 amide bonds. The molecule has 20 heavy (non-hydrogen) atoms. The average molecular weight is 279 g/mol. The molecule has 1 unspecified atom stereocenters. The molecule has 0 saturated carbocycles. The number of nitrogens with one attached hydrogen (secondary N) is 1. The van der Waals surface area contributed by atoms with E-state index in [2.05, 4.69) is 5.32 Å². The van der Waals surface area contributed by atoms with Crippen LogP contribution in [-0.4, -0.2) is 7.05 Å². The molecule has 2 nitrogen and oxygen atoms in total. The number of halogens is 2. The summed E-state index contributed by atoms with van der Waals surface area (Å²) in [5, 5.41) is 3.00. The second-order valence-corrected chi connectivity index (χ2v) is 5.07. The van der Waals surface area contributed by atoms with Gasteiger partial charge in [0.05, 0.1) is 6.04 Å². The first-order valence-corrected chi connectivity index (χ1v) is 6.56. The fourth-order valence-corrected chi connectivity index (χ4v) is 2.61. The van der Waals surface area contributed by atoms with Crippen molar-refractivity contribution in [2.24, 2.45) is 0 Å². The quantitative estimate of drug-likeness (QED) is 0.915. The van der Waals surface area contributed by atoms with E-state index in [1.807, 2.05) is 20.8 Å². The monoisotopic (exact) mass is 279 g/mol. The van der Waals surface area contributed by atoms with E-state index in [9.17, 15) is 8.78 Å². The normalized spacial score (nSPS) is 12.8. The summed E-state index contributed by atoms with van der Waals surface area (Å²) in [5.41, 5.74) is 2.19. The lowest BCUT2D eigenvalue weighted by Crippen LogP contribution is -2.22. The van der Waals surface area contributed by atoms with Gasteiger partial charge >= 0.3 is 0 Å². The summed E-state index contributed by atoms with van der Waals surface area (Å²) in [4.78, 5) is 0. The molecular weight excluding hydrogens is 260 g/mol. The van der Waals surface area contributed by atoms with Crippen LogP contribution >= 0.6 is 0 Å². The first-order valence-electron chi connectivity index (χ1n) is 6.56. The molecule has 2 aromatic rings. The maximum absolute atomic E-state index is 14.3. The van der Waals surface area contributed by atoms with Gasteiger partial charge in [-0.25, -0.2) is 8.78 Å². The van der Waals surface area contributed by atoms with Crippen molar-refractivity contribution in [3.63, 3.8) is 0 Å². The summed E-state index contributed by atoms with van der Waals surface area (Å²) < 4.78 is 34.0. The summed E-state index contributed by atoms with van der Waals surface area (Å²) in [5.74, 6) is 0.387. The fraction of sp³-hybridized carbons (Fsp3) is 0.375. The number of rotatable bonds is 3. The highest BCUT2D eigenvalue weighted by atomic mass is 19.1. The highest BCUT2D eigenvalue weighted by Gasteiger charge is 2.27. The van der Waals surface area contributed by atoms with Crippen molar-refractivity contribution in [1.82, 2.24) is 5.32 Å². The van der Waals surface area contributed by atoms with E-state index in [0.717, 1.165) is 16.9 Å². The zero-order valence-electron chi connectivity index (χ0n) is 12.4. The second-order valence-electron chi connectivity index (χ2n) is 5.07. The maximum atomic E-state index is 14.3. The van der Waals surface area contributed by atoms with E-state index in [0.29, 0.717) is 11.3 Å². The van der Waals surface area contributed by atoms with Crippen LogP contribution < -0.4 is 5.32 Å². The molecule has 1 N–H and O–H groups in total. The zero-order chi connectivity index (χ0) is 15.0. The van der Waals surface area contributed by atoms with Gasteiger partial charge in [-0.3, -0.25) is 0 Å². The van der Waals surface area contributed by atoms with Gasteiger partial charge in [0, 0.05) is 11.1 Å². The van der Waals surface area contributed by atoms with E-state index in [1.54, 1.807) is 14.0 Å². The number of hydrogen-bond donors (Lipinski definition) is 1. The van der Waals surface area contributed by atoms with Crippen molar-refractivity contribution < 1.29 is 13.2 Å². The topological polar surface area (TPSA) is 25.2 Å². The number of aryl methyl sites for hydroxylation is 3. The zero-order valence-corrected chi connectivity index (χ0v) is 12.4. The largest absolute Gasteiger partial charge is 0.466 e. The van der Waals surface area contributed by atoms with Crippen molar-refractivity contribution in [3.8, 4) is 0 Å². The van der Waals surface area contributed by atoms with Crippen LogP contribution in [0.3, 0.4) is 0 Å². The van der Waals surface area contributed by atoms with Gasteiger partial charge in [0.1, 0.15) is 23.2 Å². The molecule has 0 fully saturated rings. The van der Waals surface area contributed by atoms with Crippen molar-refractivity contribution in [3.05, 3.63) is 57.5 Å². The lowest BCUT2D eigenvalue weighted by molar-refractivity contribution is 0.487. The van der Waals surface area contributed by atoms with Crippen LogP contribution in [0.2, 0.25) is 0 Å². The first kappa shape index (κ1) is 14.7. The molecule has 0 aliphatic rings. The molecule has 0 spiro atoms. The predicted molar refractivity (Wildman–Crippen MR) is 74.9 cm³/mol. The molecule has 0 saturated heterocycles. The summed E-state index contributed by atoms with van der Waals surface area (Å²) in [6, 6.07) is 2.18. The van der Waals surface area contributed by atoms with Gasteiger partial charge < -0.3 is 9.73 Å². The minimum absolute atomic E-state index is 0.0412. The Balaban J connectivity index is 2.68. The molecule has 0 radical (unpaired) electrons. The van der Waals surface area contributed by atoms with Crippen molar-refractivity contribution >= 4 is 0 Å². The minimum atomic E-state index is -0.563. The Bertz CT molecular complexity index is 646. The van der Waals surface area contributed by atoms with Crippen LogP contribution in [0.25, 0.3) is 0 Å². The Morgan fingerprint density at radius 3 is 2.15 bits per heavy atom. The van der Waals surface area contributed by atoms with Crippen LogP contribution in [0.15, 0.2) is 16.5 Å². The Morgan fingerprint density at radius 2 is 1.65 bits per heavy atom. The molecule has 0 aliphatic heterocycles. The molecule has 108 valence electrons. The summed E-state index contributed by atoms with van der Waals surface area (Å²) in [6.45, 7) is 7.19. The molecule has 4 heteroatoms. The Labute approximate surface area is 117 Å². The Hall–Kier alpha value is -1.68. The van der Waals surface area contributed by atoms with Gasteiger partial charge in [0.15, 0.2) is 0 Å². The summed E-state index contributed by atoms with van der Waals surface area (Å²) >= 11 is 0. The van der Waals surface area contributed by atoms with Gasteiger partial charge in [-0.1, -0.05) is 6.07 Å². The van der Waals surface area contributed by atoms with Crippen LogP contribution in [0.4, 0.5) is 8.78 Å². The van der Waals surface area contributed by atoms with Gasteiger partial charge in [-0.15, -0.1) is 0 Å². The summed E-state index contributed by atoms with van der Waals surface area (Å²) in [6.07, 6.45) is 0. The molecule has 0 aliphatic carbocycles. The SMILES string of the molecule is CNC(c1c(C)oc(C)c1C)c1c(F)ccc(C)c1F. The standard InChI is InChI=1S/C16H19F2NO/c1-8-6-7-12(17)14(15(8)18)16(19-5)13-9(2)10(3)20-11(13)4/h6-7,16,19H,1-5H3. The molecule has 1 aromatic carbocycles. The third-order valence-corrected chi connectivity index (χ3v) is 3.80. The lowest BCUT2D eigenvalue weighted by atomic mass is 9.93. The average Bonchev–Trinajstić information content (AvgIpc) is 2.65. The highest BCUT2D eigenvalue weighted by Crippen LogP contribution is 2.34. The van der Waals surface area contributed by atoms with Gasteiger partial charge in [0.2, 0.25) is 0 Å². The van der Waals surface area contributed by atoms with E-state index in [4.69, 9.17) is 4.42 Å². The predicted octanol–water partition coefficient (Wildman–Crippen LogP) is 4.10. The van der Waals surface area contributed by atoms with Gasteiger partial charge in [-0.05, 0) is 51.9 Å². The third kappa shape index (κ3) is 2.24. The highest BCUT2D eigenvalue weighted by molar-refractivity contribution is 5.42. The van der Waals surface area contributed by atoms with E-state index in [1.165, 1.54) is 12.1 Å². The molecular formula is C16H19F2NO. The first-order chi connectivity index (χ1) is 9.38. The fourth-order valence-electron chi connectivity index (χ4n) is 2.61. The van der Waals surface area contributed by atoms with Gasteiger partial charge in [0.25, 0.3) is 0 Å². The third-order valence-electron chi connectivity index (χ3n) is 3.80. The van der Waals surface area contributed by atoms with E-state index < -0.39 is 17.7 Å². The smallest absolute Gasteiger partial charge is 0.134 e. The minimum Gasteiger partial charge on any atom is -0.466 e. The van der Waals surface area contributed by atoms with Crippen molar-refractivity contribution in [1.29, 1.82) is 0 Å². The van der Waals surface area contributed by atoms with Crippen LogP contribution in [0.1, 0.15) is 39.8 Å². The number of furan rings is 1. The second kappa shape index (κ2) is 5.37. The van der Waals surface area contributed by atoms with Crippen LogP contribution in [0, 0.1) is 39.3 Å². The molecule has 1 atom stereocenters. The van der Waals surface area contributed by atoms with Crippen LogP contribution in [-0.2, 0) is 0 Å². The molecule has 1 heterocycles. The van der Waals surface area contributed by atoms with Crippen LogP contribution in [0.5, 0.6) is 0 Å². The molecule has 0 bridgehead atoms. The lowest BCUT2D eigenvalue weighted by Gasteiger charge is -2.19. The molecule has 1 aromatic heterocycles. The van der Waals surface area contributed by atoms with E-state index in [-0.39, 0.29) is 5.56 Å². The van der Waals surface area contributed by atoms with E-state index >= 15 is 0 Å². The Kier molecular flexibility index (Phi) is 3.95. The van der Waals surface area contributed by atoms with Crippen molar-refractivity contribution in [2.75, 3.05) is 7.05 Å². The Morgan fingerprint density at radius 1 is 1.00 bits per heavy atom. The maximum Gasteiger partial charge on any atom is 0.134 e. The molecule has 2 rings (SSSR count). The number of hydrogen-bond acceptors (Lipinski definition) is 2. The van der Waals surface area contributed by atoms with Crippen molar-refractivity contribution in [2.45, 2.75) is 33.7 Å².